The van der Waals surface area contributed by atoms with Crippen LogP contribution in [0.25, 0.3) is 0 Å². The number of nitrogens with zero attached hydrogens (tertiary/aromatic N) is 1. The van der Waals surface area contributed by atoms with Crippen molar-refractivity contribution in [1.29, 1.82) is 0 Å². The van der Waals surface area contributed by atoms with E-state index in [1.165, 1.54) is 0 Å². The Kier molecular flexibility index (Phi) is 5.92. The van der Waals surface area contributed by atoms with Crippen LogP contribution in [0, 0.1) is 0 Å². The summed E-state index contributed by atoms with van der Waals surface area (Å²) >= 11 is 11.9. The highest BCUT2D eigenvalue weighted by atomic mass is 35.5. The van der Waals surface area contributed by atoms with E-state index in [2.05, 4.69) is 5.16 Å². The first-order valence-corrected chi connectivity index (χ1v) is 7.21. The van der Waals surface area contributed by atoms with Crippen molar-refractivity contribution >= 4 is 29.4 Å². The van der Waals surface area contributed by atoms with Crippen molar-refractivity contribution in [2.45, 2.75) is 6.61 Å². The Hall–Kier alpha value is -1.91. The second-order valence-corrected chi connectivity index (χ2v) is 5.20. The topological polar surface area (TPSA) is 40.0 Å². The van der Waals surface area contributed by atoms with Crippen LogP contribution in [0.3, 0.4) is 0 Å². The Morgan fingerprint density at radius 1 is 1.00 bits per heavy atom. The van der Waals surface area contributed by atoms with E-state index < -0.39 is 0 Å². The number of methoxy groups -OCH3 is 2. The number of ether oxygens (including phenoxy) is 2. The third kappa shape index (κ3) is 4.29. The first-order chi connectivity index (χ1) is 10.6. The monoisotopic (exact) mass is 339 g/mol. The predicted molar refractivity (Wildman–Crippen MR) is 88.4 cm³/mol. The third-order valence-corrected chi connectivity index (χ3v) is 3.51. The van der Waals surface area contributed by atoms with Gasteiger partial charge in [-0.3, -0.25) is 0 Å². The van der Waals surface area contributed by atoms with Crippen LogP contribution in [-0.4, -0.2) is 20.4 Å². The first-order valence-electron chi connectivity index (χ1n) is 6.45. The largest absolute Gasteiger partial charge is 0.493 e. The van der Waals surface area contributed by atoms with Crippen LogP contribution in [0.1, 0.15) is 11.1 Å². The molecule has 0 amide bonds. The minimum atomic E-state index is 0.264. The molecule has 0 unspecified atom stereocenters. The summed E-state index contributed by atoms with van der Waals surface area (Å²) < 4.78 is 10.4. The van der Waals surface area contributed by atoms with E-state index in [1.54, 1.807) is 50.8 Å². The highest BCUT2D eigenvalue weighted by Gasteiger charge is 2.03. The summed E-state index contributed by atoms with van der Waals surface area (Å²) in [5.41, 5.74) is 1.65. The van der Waals surface area contributed by atoms with Crippen molar-refractivity contribution in [2.75, 3.05) is 14.2 Å². The molecule has 0 N–H and O–H groups in total. The molecule has 0 aliphatic rings. The van der Waals surface area contributed by atoms with Gasteiger partial charge in [0.25, 0.3) is 0 Å². The second-order valence-electron chi connectivity index (χ2n) is 4.36. The number of hydrogen-bond donors (Lipinski definition) is 0. The van der Waals surface area contributed by atoms with Crippen LogP contribution in [-0.2, 0) is 11.4 Å². The maximum absolute atomic E-state index is 6.05. The smallest absolute Gasteiger partial charge is 0.161 e. The lowest BCUT2D eigenvalue weighted by molar-refractivity contribution is 0.132. The van der Waals surface area contributed by atoms with Gasteiger partial charge in [0.15, 0.2) is 11.5 Å². The number of benzene rings is 2. The lowest BCUT2D eigenvalue weighted by Gasteiger charge is -2.07. The fourth-order valence-electron chi connectivity index (χ4n) is 1.78. The summed E-state index contributed by atoms with van der Waals surface area (Å²) in [5.74, 6) is 1.29. The average molecular weight is 340 g/mol. The quantitative estimate of drug-likeness (QED) is 0.572. The number of hydrogen-bond acceptors (Lipinski definition) is 4. The molecule has 0 aliphatic carbocycles. The standard InChI is InChI=1S/C16H15Cl2NO3/c1-20-15-6-3-11(7-16(15)21-2)9-19-22-10-12-4-5-13(17)8-14(12)18/h3-9H,10H2,1-2H3/b19-9-. The highest BCUT2D eigenvalue weighted by Crippen LogP contribution is 2.27. The van der Waals surface area contributed by atoms with Gasteiger partial charge in [-0.15, -0.1) is 0 Å². The molecular formula is C16H15Cl2NO3. The molecule has 116 valence electrons. The normalized spacial score (nSPS) is 10.7. The Bertz CT molecular complexity index is 674. The van der Waals surface area contributed by atoms with Crippen LogP contribution in [0.4, 0.5) is 0 Å². The minimum absolute atomic E-state index is 0.264. The molecule has 0 spiro atoms. The van der Waals surface area contributed by atoms with Crippen LogP contribution < -0.4 is 9.47 Å². The van der Waals surface area contributed by atoms with Gasteiger partial charge in [-0.05, 0) is 30.3 Å². The Morgan fingerprint density at radius 3 is 2.45 bits per heavy atom. The van der Waals surface area contributed by atoms with Gasteiger partial charge in [0.2, 0.25) is 0 Å². The molecule has 0 saturated heterocycles. The fraction of sp³-hybridized carbons (Fsp3) is 0.188. The van der Waals surface area contributed by atoms with Gasteiger partial charge >= 0.3 is 0 Å². The predicted octanol–water partition coefficient (Wildman–Crippen LogP) is 4.56. The molecule has 0 heterocycles. The van der Waals surface area contributed by atoms with E-state index in [4.69, 9.17) is 37.5 Å². The third-order valence-electron chi connectivity index (χ3n) is 2.92. The van der Waals surface area contributed by atoms with Gasteiger partial charge in [-0.25, -0.2) is 0 Å². The lowest BCUT2D eigenvalue weighted by atomic mass is 10.2. The van der Waals surface area contributed by atoms with E-state index in [0.29, 0.717) is 21.5 Å². The lowest BCUT2D eigenvalue weighted by Crippen LogP contribution is -1.93. The van der Waals surface area contributed by atoms with Crippen molar-refractivity contribution < 1.29 is 14.3 Å². The summed E-state index contributed by atoms with van der Waals surface area (Å²) in [5, 5.41) is 5.05. The molecular weight excluding hydrogens is 325 g/mol. The molecule has 0 aromatic heterocycles. The van der Waals surface area contributed by atoms with E-state index in [1.807, 2.05) is 6.07 Å². The molecule has 0 bridgehead atoms. The van der Waals surface area contributed by atoms with Crippen LogP contribution >= 0.6 is 23.2 Å². The molecule has 0 saturated carbocycles. The summed E-state index contributed by atoms with van der Waals surface area (Å²) in [6.45, 7) is 0.264. The second kappa shape index (κ2) is 7.92. The molecule has 2 aromatic rings. The summed E-state index contributed by atoms with van der Waals surface area (Å²) in [4.78, 5) is 5.24. The van der Waals surface area contributed by atoms with E-state index >= 15 is 0 Å². The molecule has 0 fully saturated rings. The molecule has 22 heavy (non-hydrogen) atoms. The van der Waals surface area contributed by atoms with E-state index in [9.17, 15) is 0 Å². The highest BCUT2D eigenvalue weighted by molar-refractivity contribution is 6.35. The summed E-state index contributed by atoms with van der Waals surface area (Å²) in [7, 11) is 3.17. The Morgan fingerprint density at radius 2 is 1.77 bits per heavy atom. The number of oxime groups is 1. The van der Waals surface area contributed by atoms with Gasteiger partial charge in [0, 0.05) is 21.2 Å². The molecule has 0 aliphatic heterocycles. The zero-order chi connectivity index (χ0) is 15.9. The van der Waals surface area contributed by atoms with Crippen molar-refractivity contribution in [3.63, 3.8) is 0 Å². The molecule has 2 rings (SSSR count). The maximum Gasteiger partial charge on any atom is 0.161 e. The minimum Gasteiger partial charge on any atom is -0.493 e. The number of halogens is 2. The van der Waals surface area contributed by atoms with Crippen LogP contribution in [0.5, 0.6) is 11.5 Å². The zero-order valence-corrected chi connectivity index (χ0v) is 13.7. The van der Waals surface area contributed by atoms with Crippen molar-refractivity contribution in [3.05, 3.63) is 57.6 Å². The van der Waals surface area contributed by atoms with Crippen molar-refractivity contribution in [3.8, 4) is 11.5 Å². The Labute approximate surface area is 139 Å². The first kappa shape index (κ1) is 16.5. The van der Waals surface area contributed by atoms with Gasteiger partial charge in [0.05, 0.1) is 20.4 Å². The van der Waals surface area contributed by atoms with E-state index in [-0.39, 0.29) is 6.61 Å². The van der Waals surface area contributed by atoms with E-state index in [0.717, 1.165) is 11.1 Å². The van der Waals surface area contributed by atoms with Gasteiger partial charge in [0.1, 0.15) is 6.61 Å². The van der Waals surface area contributed by atoms with Crippen molar-refractivity contribution in [2.24, 2.45) is 5.16 Å². The van der Waals surface area contributed by atoms with Gasteiger partial charge < -0.3 is 14.3 Å². The van der Waals surface area contributed by atoms with Gasteiger partial charge in [-0.2, -0.15) is 0 Å². The fourth-order valence-corrected chi connectivity index (χ4v) is 2.24. The van der Waals surface area contributed by atoms with Crippen LogP contribution in [0.15, 0.2) is 41.6 Å². The SMILES string of the molecule is COc1ccc(/C=N\OCc2ccc(Cl)cc2Cl)cc1OC. The molecule has 0 atom stereocenters. The Balaban J connectivity index is 1.98. The molecule has 0 radical (unpaired) electrons. The maximum atomic E-state index is 6.05. The van der Waals surface area contributed by atoms with Crippen LogP contribution in [0.2, 0.25) is 10.0 Å². The summed E-state index contributed by atoms with van der Waals surface area (Å²) in [6, 6.07) is 10.7. The average Bonchev–Trinajstić information content (AvgIpc) is 2.53. The molecule has 4 nitrogen and oxygen atoms in total. The molecule has 6 heteroatoms. The zero-order valence-electron chi connectivity index (χ0n) is 12.2. The number of rotatable bonds is 6. The molecule has 2 aromatic carbocycles. The van der Waals surface area contributed by atoms with Crippen molar-refractivity contribution in [1.82, 2.24) is 0 Å². The summed E-state index contributed by atoms with van der Waals surface area (Å²) in [6.07, 6.45) is 1.59. The van der Waals surface area contributed by atoms with Gasteiger partial charge in [-0.1, -0.05) is 34.4 Å².